The Morgan fingerprint density at radius 2 is 2.11 bits per heavy atom. The molecule has 0 atom stereocenters. The van der Waals surface area contributed by atoms with E-state index in [2.05, 4.69) is 0 Å². The van der Waals surface area contributed by atoms with E-state index in [9.17, 15) is 24.5 Å². The molecule has 18 heavy (non-hydrogen) atoms. The predicted octanol–water partition coefficient (Wildman–Crippen LogP) is -0.444. The zero-order valence-corrected chi connectivity index (χ0v) is 9.67. The number of H-pyrrole nitrogens is 1. The van der Waals surface area contributed by atoms with Gasteiger partial charge < -0.3 is 5.11 Å². The monoisotopic (exact) mass is 257 g/mol. The van der Waals surface area contributed by atoms with E-state index in [4.69, 9.17) is 5.11 Å². The summed E-state index contributed by atoms with van der Waals surface area (Å²) >= 11 is 0. The van der Waals surface area contributed by atoms with E-state index in [1.54, 1.807) is 4.98 Å². The van der Waals surface area contributed by atoms with Crippen LogP contribution in [-0.2, 0) is 11.3 Å². The van der Waals surface area contributed by atoms with Crippen molar-refractivity contribution in [2.75, 3.05) is 0 Å². The van der Waals surface area contributed by atoms with E-state index >= 15 is 0 Å². The van der Waals surface area contributed by atoms with Crippen LogP contribution >= 0.6 is 0 Å². The molecule has 0 saturated heterocycles. The molecule has 0 unspecified atom stereocenters. The third-order valence-corrected chi connectivity index (χ3v) is 2.33. The summed E-state index contributed by atoms with van der Waals surface area (Å²) in [5.74, 6) is -1.16. The molecule has 0 spiro atoms. The van der Waals surface area contributed by atoms with Crippen LogP contribution in [0.2, 0.25) is 0 Å². The molecule has 0 amide bonds. The first-order valence-corrected chi connectivity index (χ1v) is 4.86. The van der Waals surface area contributed by atoms with Gasteiger partial charge in [0.05, 0.1) is 16.5 Å². The maximum absolute atomic E-state index is 11.4. The molecule has 0 aromatic carbocycles. The summed E-state index contributed by atoms with van der Waals surface area (Å²) in [7, 11) is 0. The van der Waals surface area contributed by atoms with Crippen LogP contribution in [0.4, 0.5) is 5.69 Å². The standard InChI is InChI=1S/C9H11N3O6/c1-9(2,7(14)15)4-11-3-5(12(17)18)6(13)10-8(11)16/h3H,4H2,1-2H3,(H,14,15)(H,10,13,16). The summed E-state index contributed by atoms with van der Waals surface area (Å²) in [4.78, 5) is 44.8. The number of aromatic amines is 1. The second-order valence-corrected chi connectivity index (χ2v) is 4.35. The van der Waals surface area contributed by atoms with Gasteiger partial charge in [0, 0.05) is 6.54 Å². The van der Waals surface area contributed by atoms with Gasteiger partial charge in [0.2, 0.25) is 0 Å². The van der Waals surface area contributed by atoms with Gasteiger partial charge >= 0.3 is 22.9 Å². The summed E-state index contributed by atoms with van der Waals surface area (Å²) in [5.41, 5.74) is -4.11. The molecule has 0 radical (unpaired) electrons. The topological polar surface area (TPSA) is 135 Å². The highest BCUT2D eigenvalue weighted by molar-refractivity contribution is 5.73. The van der Waals surface area contributed by atoms with Crippen molar-refractivity contribution >= 4 is 11.7 Å². The van der Waals surface area contributed by atoms with E-state index in [1.165, 1.54) is 13.8 Å². The van der Waals surface area contributed by atoms with Gasteiger partial charge in [0.15, 0.2) is 0 Å². The fourth-order valence-corrected chi connectivity index (χ4v) is 1.24. The maximum atomic E-state index is 11.4. The number of nitrogens with zero attached hydrogens (tertiary/aromatic N) is 2. The number of carboxylic acid groups (broad SMARTS) is 1. The first-order valence-electron chi connectivity index (χ1n) is 4.86. The van der Waals surface area contributed by atoms with Crippen LogP contribution in [0.15, 0.2) is 15.8 Å². The first kappa shape index (κ1) is 13.6. The fourth-order valence-electron chi connectivity index (χ4n) is 1.24. The van der Waals surface area contributed by atoms with Crippen molar-refractivity contribution in [2.24, 2.45) is 5.41 Å². The van der Waals surface area contributed by atoms with Crippen molar-refractivity contribution in [3.8, 4) is 0 Å². The van der Waals surface area contributed by atoms with Gasteiger partial charge in [0.1, 0.15) is 0 Å². The van der Waals surface area contributed by atoms with Crippen LogP contribution in [0.3, 0.4) is 0 Å². The predicted molar refractivity (Wildman–Crippen MR) is 59.4 cm³/mol. The van der Waals surface area contributed by atoms with E-state index in [1.807, 2.05) is 0 Å². The SMILES string of the molecule is CC(C)(Cn1cc([N+](=O)[O-])c(=O)[nH]c1=O)C(=O)O. The van der Waals surface area contributed by atoms with E-state index in [0.717, 1.165) is 10.8 Å². The smallest absolute Gasteiger partial charge is 0.350 e. The van der Waals surface area contributed by atoms with Gasteiger partial charge in [-0.2, -0.15) is 0 Å². The molecule has 1 heterocycles. The molecule has 0 aliphatic carbocycles. The van der Waals surface area contributed by atoms with Crippen LogP contribution in [0.1, 0.15) is 13.8 Å². The van der Waals surface area contributed by atoms with Crippen molar-refractivity contribution in [3.63, 3.8) is 0 Å². The van der Waals surface area contributed by atoms with E-state index < -0.39 is 33.2 Å². The Kier molecular flexibility index (Phi) is 3.35. The molecule has 98 valence electrons. The van der Waals surface area contributed by atoms with Gasteiger partial charge in [-0.25, -0.2) is 4.79 Å². The highest BCUT2D eigenvalue weighted by Crippen LogP contribution is 2.17. The number of aromatic nitrogens is 2. The number of carboxylic acids is 1. The first-order chi connectivity index (χ1) is 8.15. The minimum absolute atomic E-state index is 0.293. The molecule has 0 fully saturated rings. The lowest BCUT2D eigenvalue weighted by molar-refractivity contribution is -0.386. The Balaban J connectivity index is 3.31. The number of nitrogens with one attached hydrogen (secondary N) is 1. The van der Waals surface area contributed by atoms with Gasteiger partial charge in [0.25, 0.3) is 0 Å². The Labute approximate surface area is 99.8 Å². The molecule has 9 nitrogen and oxygen atoms in total. The van der Waals surface area contributed by atoms with Crippen molar-refractivity contribution in [2.45, 2.75) is 20.4 Å². The van der Waals surface area contributed by atoms with Gasteiger partial charge in [-0.3, -0.25) is 29.3 Å². The van der Waals surface area contributed by atoms with Crippen molar-refractivity contribution < 1.29 is 14.8 Å². The molecule has 1 aromatic rings. The normalized spacial score (nSPS) is 11.2. The summed E-state index contributed by atoms with van der Waals surface area (Å²) in [6.07, 6.45) is 0.742. The average Bonchev–Trinajstić information content (AvgIpc) is 2.21. The van der Waals surface area contributed by atoms with Crippen molar-refractivity contribution in [1.82, 2.24) is 9.55 Å². The number of aliphatic carboxylic acids is 1. The van der Waals surface area contributed by atoms with E-state index in [0.29, 0.717) is 0 Å². The van der Waals surface area contributed by atoms with Crippen LogP contribution in [0, 0.1) is 15.5 Å². The summed E-state index contributed by atoms with van der Waals surface area (Å²) in [6, 6.07) is 0. The summed E-state index contributed by atoms with van der Waals surface area (Å²) < 4.78 is 0.799. The molecule has 0 saturated carbocycles. The van der Waals surface area contributed by atoms with Gasteiger partial charge in [-0.1, -0.05) is 0 Å². The molecular formula is C9H11N3O6. The highest BCUT2D eigenvalue weighted by atomic mass is 16.6. The Bertz CT molecular complexity index is 611. The van der Waals surface area contributed by atoms with Crippen molar-refractivity contribution in [3.05, 3.63) is 37.1 Å². The Morgan fingerprint density at radius 3 is 2.56 bits per heavy atom. The zero-order valence-electron chi connectivity index (χ0n) is 9.67. The number of carbonyl (C=O) groups is 1. The third kappa shape index (κ3) is 2.62. The van der Waals surface area contributed by atoms with E-state index in [-0.39, 0.29) is 6.54 Å². The molecule has 0 aliphatic heterocycles. The molecule has 0 bridgehead atoms. The van der Waals surface area contributed by atoms with Gasteiger partial charge in [-0.05, 0) is 13.8 Å². The molecule has 0 aliphatic rings. The largest absolute Gasteiger partial charge is 0.481 e. The third-order valence-electron chi connectivity index (χ3n) is 2.33. The lowest BCUT2D eigenvalue weighted by atomic mass is 9.94. The maximum Gasteiger partial charge on any atom is 0.350 e. The Hall–Kier alpha value is -2.45. The van der Waals surface area contributed by atoms with Crippen molar-refractivity contribution in [1.29, 1.82) is 0 Å². The van der Waals surface area contributed by atoms with Crippen LogP contribution in [-0.4, -0.2) is 25.6 Å². The highest BCUT2D eigenvalue weighted by Gasteiger charge is 2.29. The number of hydrogen-bond acceptors (Lipinski definition) is 5. The minimum atomic E-state index is -1.30. The van der Waals surface area contributed by atoms with Gasteiger partial charge in [-0.15, -0.1) is 0 Å². The average molecular weight is 257 g/mol. The summed E-state index contributed by atoms with van der Waals surface area (Å²) in [6.45, 7) is 2.43. The quantitative estimate of drug-likeness (QED) is 0.554. The number of rotatable bonds is 4. The second kappa shape index (κ2) is 4.43. The Morgan fingerprint density at radius 1 is 1.56 bits per heavy atom. The van der Waals surface area contributed by atoms with Crippen LogP contribution in [0.25, 0.3) is 0 Å². The lowest BCUT2D eigenvalue weighted by Crippen LogP contribution is -2.37. The molecule has 1 rings (SSSR count). The second-order valence-electron chi connectivity index (χ2n) is 4.35. The minimum Gasteiger partial charge on any atom is -0.481 e. The molecular weight excluding hydrogens is 246 g/mol. The lowest BCUT2D eigenvalue weighted by Gasteiger charge is -2.19. The summed E-state index contributed by atoms with van der Waals surface area (Å²) in [5, 5.41) is 19.4. The fraction of sp³-hybridized carbons (Fsp3) is 0.444. The van der Waals surface area contributed by atoms with Crippen LogP contribution < -0.4 is 11.2 Å². The number of hydrogen-bond donors (Lipinski definition) is 2. The molecule has 1 aromatic heterocycles. The molecule has 9 heteroatoms. The number of nitro groups is 1. The zero-order chi connectivity index (χ0) is 14.1. The molecule has 2 N–H and O–H groups in total. The van der Waals surface area contributed by atoms with Crippen LogP contribution in [0.5, 0.6) is 0 Å².